The van der Waals surface area contributed by atoms with Crippen LogP contribution in [0.3, 0.4) is 0 Å². The SMILES string of the molecule is CN1CCN(C(=S)Nc2cncc(-c3cnc4n[nH]c(-c5nc6c(C7C=CC(F)=CC7)cccc6[nH]5)c4c3)c2)CC1. The Kier molecular flexibility index (Phi) is 6.52. The first-order valence-corrected chi connectivity index (χ1v) is 14.0. The number of pyridine rings is 2. The number of nitrogens with one attached hydrogen (secondary N) is 3. The monoisotopic (exact) mass is 565 g/mol. The van der Waals surface area contributed by atoms with E-state index in [0.29, 0.717) is 23.0 Å². The molecule has 11 heteroatoms. The maximum Gasteiger partial charge on any atom is 0.181 e. The average molecular weight is 566 g/mol. The molecule has 5 aromatic rings. The van der Waals surface area contributed by atoms with Crippen LogP contribution in [0.25, 0.3) is 44.7 Å². The highest BCUT2D eigenvalue weighted by atomic mass is 32.1. The smallest absolute Gasteiger partial charge is 0.181 e. The van der Waals surface area contributed by atoms with Gasteiger partial charge in [0.25, 0.3) is 0 Å². The average Bonchev–Trinajstić information content (AvgIpc) is 3.62. The molecule has 206 valence electrons. The van der Waals surface area contributed by atoms with Gasteiger partial charge >= 0.3 is 0 Å². The molecular weight excluding hydrogens is 537 g/mol. The van der Waals surface area contributed by atoms with E-state index in [-0.39, 0.29) is 11.7 Å². The largest absolute Gasteiger partial charge is 0.346 e. The first-order chi connectivity index (χ1) is 20.0. The predicted molar refractivity (Wildman–Crippen MR) is 163 cm³/mol. The minimum atomic E-state index is -0.197. The highest BCUT2D eigenvalue weighted by Crippen LogP contribution is 2.34. The molecule has 1 aliphatic heterocycles. The van der Waals surface area contributed by atoms with E-state index in [0.717, 1.165) is 70.7 Å². The maximum absolute atomic E-state index is 13.6. The van der Waals surface area contributed by atoms with Crippen molar-refractivity contribution in [1.29, 1.82) is 0 Å². The molecule has 3 N–H and O–H groups in total. The van der Waals surface area contributed by atoms with Gasteiger partial charge in [-0.15, -0.1) is 0 Å². The van der Waals surface area contributed by atoms with Crippen LogP contribution in [-0.4, -0.2) is 78.3 Å². The van der Waals surface area contributed by atoms with E-state index < -0.39 is 0 Å². The topological polar surface area (TPSA) is 102 Å². The molecule has 1 unspecified atom stereocenters. The van der Waals surface area contributed by atoms with Gasteiger partial charge in [0.1, 0.15) is 11.5 Å². The summed E-state index contributed by atoms with van der Waals surface area (Å²) in [6, 6.07) is 10.1. The fraction of sp³-hybridized carbons (Fsp3) is 0.233. The molecule has 4 aromatic heterocycles. The van der Waals surface area contributed by atoms with E-state index in [2.05, 4.69) is 47.3 Å². The number of aromatic nitrogens is 6. The molecule has 0 radical (unpaired) electrons. The number of fused-ring (bicyclic) bond motifs is 2. The van der Waals surface area contributed by atoms with Crippen LogP contribution in [-0.2, 0) is 0 Å². The van der Waals surface area contributed by atoms with E-state index >= 15 is 0 Å². The van der Waals surface area contributed by atoms with Gasteiger partial charge < -0.3 is 20.1 Å². The molecule has 2 aliphatic rings. The summed E-state index contributed by atoms with van der Waals surface area (Å²) < 4.78 is 13.6. The molecule has 0 amide bonds. The summed E-state index contributed by atoms with van der Waals surface area (Å²) in [5.41, 5.74) is 6.81. The van der Waals surface area contributed by atoms with Crippen LogP contribution >= 0.6 is 12.2 Å². The fourth-order valence-electron chi connectivity index (χ4n) is 5.41. The Labute approximate surface area is 241 Å². The van der Waals surface area contributed by atoms with Gasteiger partial charge in [-0.3, -0.25) is 10.1 Å². The quantitative estimate of drug-likeness (QED) is 0.249. The Morgan fingerprint density at radius 3 is 2.78 bits per heavy atom. The van der Waals surface area contributed by atoms with Gasteiger partial charge in [0.2, 0.25) is 0 Å². The van der Waals surface area contributed by atoms with Crippen LogP contribution in [0.15, 0.2) is 73.0 Å². The van der Waals surface area contributed by atoms with Crippen LogP contribution in [0.2, 0.25) is 0 Å². The fourth-order valence-corrected chi connectivity index (χ4v) is 5.71. The number of hydrogen-bond acceptors (Lipinski definition) is 6. The van der Waals surface area contributed by atoms with Crippen molar-refractivity contribution in [3.05, 3.63) is 78.5 Å². The molecule has 0 saturated carbocycles. The Morgan fingerprint density at radius 2 is 1.95 bits per heavy atom. The van der Waals surface area contributed by atoms with Crippen LogP contribution in [0.5, 0.6) is 0 Å². The first kappa shape index (κ1) is 25.5. The number of benzene rings is 1. The Morgan fingerprint density at radius 1 is 1.10 bits per heavy atom. The van der Waals surface area contributed by atoms with Crippen molar-refractivity contribution in [1.82, 2.24) is 39.9 Å². The van der Waals surface area contributed by atoms with E-state index in [1.54, 1.807) is 18.5 Å². The van der Waals surface area contributed by atoms with E-state index in [1.807, 2.05) is 42.6 Å². The van der Waals surface area contributed by atoms with Crippen molar-refractivity contribution in [2.24, 2.45) is 0 Å². The number of rotatable bonds is 4. The summed E-state index contributed by atoms with van der Waals surface area (Å²) in [7, 11) is 2.12. The number of piperazine rings is 1. The van der Waals surface area contributed by atoms with Gasteiger partial charge in [-0.05, 0) is 61.6 Å². The van der Waals surface area contributed by atoms with Crippen molar-refractivity contribution in [3.8, 4) is 22.6 Å². The van der Waals surface area contributed by atoms with Crippen molar-refractivity contribution in [3.63, 3.8) is 0 Å². The number of aromatic amines is 2. The standard InChI is InChI=1S/C30H28FN9S/c1-39-9-11-40(12-10-39)30(41)34-22-13-19(15-32-17-22)20-14-24-27(37-38-28(24)33-16-20)29-35-25-4-2-3-23(26(25)36-29)18-5-7-21(31)8-6-18/h2-5,7-8,13-18H,6,9-12H2,1H3,(H,34,41)(H,35,36)(H,33,37,38). The molecule has 1 aromatic carbocycles. The molecule has 1 atom stereocenters. The molecule has 1 aliphatic carbocycles. The number of para-hydroxylation sites is 1. The van der Waals surface area contributed by atoms with Gasteiger partial charge in [0.05, 0.1) is 28.3 Å². The van der Waals surface area contributed by atoms with E-state index in [4.69, 9.17) is 17.2 Å². The second-order valence-electron chi connectivity index (χ2n) is 10.5. The number of likely N-dealkylation sites (N-methyl/N-ethyl adjacent to an activating group) is 1. The number of H-pyrrole nitrogens is 2. The molecular formula is C30H28FN9S. The van der Waals surface area contributed by atoms with Crippen molar-refractivity contribution in [2.75, 3.05) is 38.5 Å². The summed E-state index contributed by atoms with van der Waals surface area (Å²) in [6.45, 7) is 3.77. The van der Waals surface area contributed by atoms with Gasteiger partial charge in [-0.25, -0.2) is 14.4 Å². The third kappa shape index (κ3) is 4.98. The van der Waals surface area contributed by atoms with Gasteiger partial charge in [0.15, 0.2) is 16.6 Å². The number of thiocarbonyl (C=S) groups is 1. The third-order valence-corrected chi connectivity index (χ3v) is 8.12. The molecule has 5 heterocycles. The molecule has 41 heavy (non-hydrogen) atoms. The first-order valence-electron chi connectivity index (χ1n) is 13.6. The van der Waals surface area contributed by atoms with E-state index in [1.165, 1.54) is 6.08 Å². The number of imidazole rings is 1. The van der Waals surface area contributed by atoms with Gasteiger partial charge in [0, 0.05) is 55.6 Å². The zero-order valence-electron chi connectivity index (χ0n) is 22.4. The Bertz CT molecular complexity index is 1830. The second-order valence-corrected chi connectivity index (χ2v) is 10.9. The number of hydrogen-bond donors (Lipinski definition) is 3. The van der Waals surface area contributed by atoms with Crippen LogP contribution in [0.1, 0.15) is 17.9 Å². The molecule has 9 nitrogen and oxygen atoms in total. The minimum Gasteiger partial charge on any atom is -0.346 e. The summed E-state index contributed by atoms with van der Waals surface area (Å²) >= 11 is 5.67. The number of halogens is 1. The van der Waals surface area contributed by atoms with Crippen LogP contribution < -0.4 is 5.32 Å². The summed E-state index contributed by atoms with van der Waals surface area (Å²) in [5, 5.41) is 12.4. The zero-order chi connectivity index (χ0) is 27.9. The summed E-state index contributed by atoms with van der Waals surface area (Å²) in [5.74, 6) is 0.540. The third-order valence-electron chi connectivity index (χ3n) is 7.76. The van der Waals surface area contributed by atoms with Crippen LogP contribution in [0, 0.1) is 0 Å². The van der Waals surface area contributed by atoms with Crippen molar-refractivity contribution >= 4 is 45.1 Å². The lowest BCUT2D eigenvalue weighted by Gasteiger charge is -2.34. The molecule has 0 bridgehead atoms. The van der Waals surface area contributed by atoms with E-state index in [9.17, 15) is 4.39 Å². The molecule has 1 fully saturated rings. The summed E-state index contributed by atoms with van der Waals surface area (Å²) in [6.07, 6.45) is 11.0. The van der Waals surface area contributed by atoms with Gasteiger partial charge in [-0.2, -0.15) is 5.10 Å². The highest BCUT2D eigenvalue weighted by molar-refractivity contribution is 7.80. The molecule has 1 saturated heterocycles. The number of anilines is 1. The summed E-state index contributed by atoms with van der Waals surface area (Å²) in [4.78, 5) is 21.9. The Balaban J connectivity index is 1.18. The van der Waals surface area contributed by atoms with Gasteiger partial charge in [-0.1, -0.05) is 18.2 Å². The molecule has 0 spiro atoms. The number of allylic oxidation sites excluding steroid dienone is 4. The lowest BCUT2D eigenvalue weighted by atomic mass is 9.91. The Hall–Kier alpha value is -4.48. The second kappa shape index (κ2) is 10.5. The predicted octanol–water partition coefficient (Wildman–Crippen LogP) is 5.40. The lowest BCUT2D eigenvalue weighted by molar-refractivity contribution is 0.217. The molecule has 7 rings (SSSR count). The minimum absolute atomic E-state index is 0.0682. The normalized spacial score (nSPS) is 17.8. The van der Waals surface area contributed by atoms with Crippen molar-refractivity contribution in [2.45, 2.75) is 12.3 Å². The zero-order valence-corrected chi connectivity index (χ0v) is 23.2. The van der Waals surface area contributed by atoms with Crippen molar-refractivity contribution < 1.29 is 4.39 Å². The lowest BCUT2D eigenvalue weighted by Crippen LogP contribution is -2.48. The number of nitrogens with zero attached hydrogens (tertiary/aromatic N) is 6. The highest BCUT2D eigenvalue weighted by Gasteiger charge is 2.20. The van der Waals surface area contributed by atoms with Crippen LogP contribution in [0.4, 0.5) is 10.1 Å². The maximum atomic E-state index is 13.6.